The average molecular weight is 439 g/mol. The van der Waals surface area contributed by atoms with Gasteiger partial charge in [0.15, 0.2) is 11.6 Å². The Morgan fingerprint density at radius 2 is 1.97 bits per heavy atom. The van der Waals surface area contributed by atoms with E-state index in [0.717, 1.165) is 53.8 Å². The number of hydrogen-bond acceptors (Lipinski definition) is 5. The number of nitrogens with zero attached hydrogens (tertiary/aromatic N) is 2. The van der Waals surface area contributed by atoms with E-state index >= 15 is 0 Å². The van der Waals surface area contributed by atoms with Crippen LogP contribution >= 0.6 is 11.3 Å². The molecule has 1 aromatic heterocycles. The molecule has 1 fully saturated rings. The molecule has 2 heterocycles. The lowest BCUT2D eigenvalue weighted by atomic mass is 9.95. The minimum Gasteiger partial charge on any atom is -0.493 e. The van der Waals surface area contributed by atoms with Crippen molar-refractivity contribution in [3.05, 3.63) is 45.4 Å². The molecule has 4 nitrogen and oxygen atoms in total. The van der Waals surface area contributed by atoms with Gasteiger partial charge in [-0.15, -0.1) is 11.3 Å². The fraction of sp³-hybridized carbons (Fsp3) is 0.609. The molecule has 1 aromatic carbocycles. The van der Waals surface area contributed by atoms with Crippen molar-refractivity contribution in [1.29, 1.82) is 0 Å². The number of aliphatic hydroxyl groups is 1. The standard InChI is InChI=1S/C23H32F2N2O2S/c1-16-20(8-13-29-17-6-7-18(24)19(25)14-17)30-21(26-16)23(28)9-5-11-27(12-10-23)15-22(2,3)4/h6-7,14,28H,5,8-13,15H2,1-4H3/t23-/m0/s1. The first-order valence-electron chi connectivity index (χ1n) is 10.6. The van der Waals surface area contributed by atoms with Gasteiger partial charge >= 0.3 is 0 Å². The van der Waals surface area contributed by atoms with Crippen molar-refractivity contribution in [3.63, 3.8) is 0 Å². The molecule has 1 N–H and O–H groups in total. The lowest BCUT2D eigenvalue weighted by Gasteiger charge is -2.29. The van der Waals surface area contributed by atoms with Crippen LogP contribution in [0.15, 0.2) is 18.2 Å². The SMILES string of the molecule is Cc1nc([C@]2(O)CCCN(CC(C)(C)C)CC2)sc1CCOc1ccc(F)c(F)c1. The summed E-state index contributed by atoms with van der Waals surface area (Å²) in [6, 6.07) is 3.53. The van der Waals surface area contributed by atoms with Gasteiger partial charge in [-0.25, -0.2) is 13.8 Å². The van der Waals surface area contributed by atoms with Crippen molar-refractivity contribution in [2.45, 2.75) is 59.0 Å². The predicted molar refractivity (Wildman–Crippen MR) is 116 cm³/mol. The normalized spacial score (nSPS) is 20.9. The van der Waals surface area contributed by atoms with Gasteiger partial charge in [0.25, 0.3) is 0 Å². The largest absolute Gasteiger partial charge is 0.493 e. The highest BCUT2D eigenvalue weighted by Gasteiger charge is 2.36. The molecule has 1 atom stereocenters. The lowest BCUT2D eigenvalue weighted by molar-refractivity contribution is 0.0200. The van der Waals surface area contributed by atoms with Gasteiger partial charge in [-0.2, -0.15) is 0 Å². The highest BCUT2D eigenvalue weighted by molar-refractivity contribution is 7.11. The Kier molecular flexibility index (Phi) is 7.15. The van der Waals surface area contributed by atoms with Gasteiger partial charge in [0.1, 0.15) is 16.4 Å². The molecule has 30 heavy (non-hydrogen) atoms. The first kappa shape index (κ1) is 23.1. The number of benzene rings is 1. The van der Waals surface area contributed by atoms with Crippen molar-refractivity contribution in [2.24, 2.45) is 5.41 Å². The zero-order valence-electron chi connectivity index (χ0n) is 18.3. The third kappa shape index (κ3) is 5.99. The summed E-state index contributed by atoms with van der Waals surface area (Å²) in [7, 11) is 0. The van der Waals surface area contributed by atoms with Gasteiger partial charge in [-0.1, -0.05) is 20.8 Å². The van der Waals surface area contributed by atoms with Crippen LogP contribution in [0.1, 0.15) is 55.6 Å². The number of rotatable bonds is 6. The maximum Gasteiger partial charge on any atom is 0.162 e. The molecule has 0 unspecified atom stereocenters. The molecule has 2 aromatic rings. The second kappa shape index (κ2) is 9.28. The Labute approximate surface area is 181 Å². The second-order valence-corrected chi connectivity index (χ2v) is 10.5. The first-order valence-corrected chi connectivity index (χ1v) is 11.4. The summed E-state index contributed by atoms with van der Waals surface area (Å²) in [5.41, 5.74) is 0.246. The topological polar surface area (TPSA) is 45.6 Å². The summed E-state index contributed by atoms with van der Waals surface area (Å²) in [5, 5.41) is 12.1. The van der Waals surface area contributed by atoms with E-state index in [2.05, 4.69) is 30.7 Å². The minimum absolute atomic E-state index is 0.237. The summed E-state index contributed by atoms with van der Waals surface area (Å²) in [5.74, 6) is -1.50. The number of likely N-dealkylation sites (tertiary alicyclic amines) is 1. The molecule has 7 heteroatoms. The average Bonchev–Trinajstić information content (AvgIpc) is 2.92. The molecule has 3 rings (SSSR count). The second-order valence-electron chi connectivity index (χ2n) is 9.42. The number of ether oxygens (including phenoxy) is 1. The first-order chi connectivity index (χ1) is 14.1. The van der Waals surface area contributed by atoms with Gasteiger partial charge in [0.05, 0.1) is 12.3 Å². The van der Waals surface area contributed by atoms with Gasteiger partial charge < -0.3 is 14.7 Å². The third-order valence-electron chi connectivity index (χ3n) is 5.38. The van der Waals surface area contributed by atoms with Crippen LogP contribution in [0.2, 0.25) is 0 Å². The van der Waals surface area contributed by atoms with E-state index in [1.54, 1.807) is 0 Å². The zero-order chi connectivity index (χ0) is 21.9. The van der Waals surface area contributed by atoms with Crippen LogP contribution in [0.5, 0.6) is 5.75 Å². The third-order valence-corrected chi connectivity index (χ3v) is 6.79. The molecule has 0 bridgehead atoms. The number of hydrogen-bond donors (Lipinski definition) is 1. The van der Waals surface area contributed by atoms with E-state index in [-0.39, 0.29) is 5.41 Å². The molecule has 166 valence electrons. The lowest BCUT2D eigenvalue weighted by Crippen LogP contribution is -2.34. The Bertz CT molecular complexity index is 865. The number of halogens is 2. The van der Waals surface area contributed by atoms with Gasteiger partial charge in [0, 0.05) is 30.5 Å². The van der Waals surface area contributed by atoms with Crippen molar-refractivity contribution in [3.8, 4) is 5.75 Å². The van der Waals surface area contributed by atoms with Gasteiger partial charge in [-0.05, 0) is 50.3 Å². The van der Waals surface area contributed by atoms with Crippen LogP contribution in [0.4, 0.5) is 8.78 Å². The fourth-order valence-electron chi connectivity index (χ4n) is 3.91. The molecule has 0 aliphatic carbocycles. The molecule has 0 spiro atoms. The monoisotopic (exact) mass is 438 g/mol. The van der Waals surface area contributed by atoms with Gasteiger partial charge in [0.2, 0.25) is 0 Å². The Balaban J connectivity index is 1.61. The molecule has 0 amide bonds. The number of aromatic nitrogens is 1. The van der Waals surface area contributed by atoms with Crippen LogP contribution in [-0.4, -0.2) is 41.2 Å². The highest BCUT2D eigenvalue weighted by Crippen LogP contribution is 2.37. The Hall–Kier alpha value is -1.57. The summed E-state index contributed by atoms with van der Waals surface area (Å²) >= 11 is 1.54. The van der Waals surface area contributed by atoms with E-state index in [1.807, 2.05) is 6.92 Å². The Morgan fingerprint density at radius 1 is 1.20 bits per heavy atom. The van der Waals surface area contributed by atoms with E-state index < -0.39 is 17.2 Å². The van der Waals surface area contributed by atoms with Crippen LogP contribution in [0.25, 0.3) is 0 Å². The number of thiazole rings is 1. The predicted octanol–water partition coefficient (Wildman–Crippen LogP) is 5.07. The quantitative estimate of drug-likeness (QED) is 0.684. The van der Waals surface area contributed by atoms with E-state index in [1.165, 1.54) is 17.4 Å². The van der Waals surface area contributed by atoms with Crippen molar-refractivity contribution < 1.29 is 18.6 Å². The van der Waals surface area contributed by atoms with E-state index in [0.29, 0.717) is 31.6 Å². The molecule has 0 saturated carbocycles. The van der Waals surface area contributed by atoms with Crippen LogP contribution < -0.4 is 4.74 Å². The Morgan fingerprint density at radius 3 is 2.67 bits per heavy atom. The molecular weight excluding hydrogens is 406 g/mol. The summed E-state index contributed by atoms with van der Waals surface area (Å²) in [4.78, 5) is 8.18. The summed E-state index contributed by atoms with van der Waals surface area (Å²) in [6.45, 7) is 11.9. The molecule has 1 saturated heterocycles. The maximum absolute atomic E-state index is 13.3. The smallest absolute Gasteiger partial charge is 0.162 e. The van der Waals surface area contributed by atoms with Crippen LogP contribution in [0, 0.1) is 24.0 Å². The minimum atomic E-state index is -0.917. The highest BCUT2D eigenvalue weighted by atomic mass is 32.1. The van der Waals surface area contributed by atoms with Crippen LogP contribution in [0.3, 0.4) is 0 Å². The van der Waals surface area contributed by atoms with Crippen LogP contribution in [-0.2, 0) is 12.0 Å². The summed E-state index contributed by atoms with van der Waals surface area (Å²) in [6.07, 6.45) is 2.95. The fourth-order valence-corrected chi connectivity index (χ4v) is 5.09. The zero-order valence-corrected chi connectivity index (χ0v) is 19.1. The van der Waals surface area contributed by atoms with Gasteiger partial charge in [-0.3, -0.25) is 0 Å². The molecule has 1 aliphatic heterocycles. The van der Waals surface area contributed by atoms with E-state index in [4.69, 9.17) is 4.74 Å². The van der Waals surface area contributed by atoms with Crippen molar-refractivity contribution in [1.82, 2.24) is 9.88 Å². The maximum atomic E-state index is 13.3. The summed E-state index contributed by atoms with van der Waals surface area (Å²) < 4.78 is 31.9. The van der Waals surface area contributed by atoms with E-state index in [9.17, 15) is 13.9 Å². The molecular formula is C23H32F2N2O2S. The van der Waals surface area contributed by atoms with Crippen molar-refractivity contribution in [2.75, 3.05) is 26.2 Å². The number of aryl methyl sites for hydroxylation is 1. The molecule has 0 radical (unpaired) electrons. The molecule has 1 aliphatic rings. The van der Waals surface area contributed by atoms with Crippen molar-refractivity contribution >= 4 is 11.3 Å².